The SMILES string of the molecule is CC/C=C\C/C=C\C/C=C\C/C=C\C/C=C\CC(=O)OCC(COC(=O)CCCCCCCCCCCCCCCCC/C=C\CCCCCCCCCC)OC(=O)CCCCCCCCCC/C=C\C/C=C\C/C=C\C/C=C\CC. The quantitative estimate of drug-likeness (QED) is 0.0261. The number of carbonyl (C=O) groups excluding carboxylic acids is 3. The van der Waals surface area contributed by atoms with Crippen molar-refractivity contribution in [1.29, 1.82) is 0 Å². The second kappa shape index (κ2) is 68.3. The zero-order chi connectivity index (χ0) is 58.5. The van der Waals surface area contributed by atoms with E-state index in [1.165, 1.54) is 173 Å². The molecule has 0 bridgehead atoms. The molecule has 0 aromatic heterocycles. The first kappa shape index (κ1) is 76.8. The van der Waals surface area contributed by atoms with E-state index in [0.29, 0.717) is 12.8 Å². The third-order valence-electron chi connectivity index (χ3n) is 14.5. The van der Waals surface area contributed by atoms with Gasteiger partial charge in [-0.25, -0.2) is 0 Å². The Balaban J connectivity index is 4.37. The van der Waals surface area contributed by atoms with Crippen LogP contribution < -0.4 is 0 Å². The van der Waals surface area contributed by atoms with Gasteiger partial charge in [-0.15, -0.1) is 0 Å². The van der Waals surface area contributed by atoms with Crippen LogP contribution in [0.4, 0.5) is 0 Å². The topological polar surface area (TPSA) is 78.9 Å². The summed E-state index contributed by atoms with van der Waals surface area (Å²) in [6, 6.07) is 0. The molecule has 0 radical (unpaired) electrons. The van der Waals surface area contributed by atoms with Gasteiger partial charge in [0.1, 0.15) is 13.2 Å². The Kier molecular flexibility index (Phi) is 64.8. The van der Waals surface area contributed by atoms with Crippen LogP contribution in [0.1, 0.15) is 316 Å². The van der Waals surface area contributed by atoms with Crippen molar-refractivity contribution in [2.45, 2.75) is 322 Å². The lowest BCUT2D eigenvalue weighted by Gasteiger charge is -2.18. The zero-order valence-electron chi connectivity index (χ0n) is 53.0. The van der Waals surface area contributed by atoms with Gasteiger partial charge in [0, 0.05) is 12.8 Å². The normalized spacial score (nSPS) is 12.9. The Morgan fingerprint density at radius 2 is 0.531 bits per heavy atom. The van der Waals surface area contributed by atoms with Crippen molar-refractivity contribution in [3.8, 4) is 0 Å². The van der Waals surface area contributed by atoms with E-state index < -0.39 is 12.1 Å². The molecule has 462 valence electrons. The second-order valence-corrected chi connectivity index (χ2v) is 22.3. The summed E-state index contributed by atoms with van der Waals surface area (Å²) < 4.78 is 16.8. The van der Waals surface area contributed by atoms with Gasteiger partial charge in [-0.05, 0) is 109 Å². The highest BCUT2D eigenvalue weighted by molar-refractivity contribution is 5.72. The third kappa shape index (κ3) is 66.5. The van der Waals surface area contributed by atoms with Crippen LogP contribution in [0, 0.1) is 0 Å². The number of carbonyl (C=O) groups is 3. The van der Waals surface area contributed by atoms with Crippen molar-refractivity contribution >= 4 is 17.9 Å². The molecule has 0 aliphatic rings. The maximum atomic E-state index is 12.9. The van der Waals surface area contributed by atoms with E-state index in [9.17, 15) is 14.4 Å². The largest absolute Gasteiger partial charge is 0.462 e. The molecule has 0 amide bonds. The van der Waals surface area contributed by atoms with Gasteiger partial charge >= 0.3 is 17.9 Å². The molecule has 1 unspecified atom stereocenters. The maximum Gasteiger partial charge on any atom is 0.309 e. The molecule has 0 saturated heterocycles. The molecule has 0 aromatic carbocycles. The summed E-state index contributed by atoms with van der Waals surface area (Å²) in [5.41, 5.74) is 0. The van der Waals surface area contributed by atoms with Gasteiger partial charge in [0.25, 0.3) is 0 Å². The molecule has 0 rings (SSSR count). The van der Waals surface area contributed by atoms with Crippen LogP contribution in [0.5, 0.6) is 0 Å². The number of ether oxygens (including phenoxy) is 3. The standard InChI is InChI=1S/C75H126O6/c1-4-7-10-13-16-19-22-25-28-30-32-34-35-36-37-38-39-41-42-44-47-50-53-56-59-62-65-68-74(77)80-71-72(70-79-73(76)67-64-61-58-55-52-49-46-27-24-21-18-15-12-9-6-3)81-75(78)69-66-63-60-57-54-51-48-45-43-40-33-31-29-26-23-20-17-14-11-8-5-2/h8-9,11-12,17-18,20-21,26-27,29-30,32-33,40,46,52,55,61,64,72H,4-7,10,13-16,19,22-25,28,31,34-39,41-45,47-51,53-54,56-60,62-63,65-71H2,1-3H3/b11-8-,12-9-,20-17-,21-18-,29-26-,32-30-,40-33-,46-27-,55-52-,64-61-. The molecular formula is C75H126O6. The summed E-state index contributed by atoms with van der Waals surface area (Å²) in [6.07, 6.45) is 95.4. The van der Waals surface area contributed by atoms with Crippen LogP contribution in [-0.4, -0.2) is 37.2 Å². The smallest absolute Gasteiger partial charge is 0.309 e. The lowest BCUT2D eigenvalue weighted by Crippen LogP contribution is -2.30. The van der Waals surface area contributed by atoms with Crippen molar-refractivity contribution in [3.05, 3.63) is 122 Å². The molecule has 0 aromatic rings. The monoisotopic (exact) mass is 1120 g/mol. The van der Waals surface area contributed by atoms with Crippen molar-refractivity contribution in [1.82, 2.24) is 0 Å². The molecule has 6 nitrogen and oxygen atoms in total. The molecule has 81 heavy (non-hydrogen) atoms. The highest BCUT2D eigenvalue weighted by Crippen LogP contribution is 2.17. The van der Waals surface area contributed by atoms with Gasteiger partial charge in [0.2, 0.25) is 0 Å². The van der Waals surface area contributed by atoms with Gasteiger partial charge < -0.3 is 14.2 Å². The molecular weight excluding hydrogens is 997 g/mol. The molecule has 0 aliphatic heterocycles. The van der Waals surface area contributed by atoms with Crippen molar-refractivity contribution in [3.63, 3.8) is 0 Å². The molecule has 0 saturated carbocycles. The number of rotatable bonds is 61. The van der Waals surface area contributed by atoms with Crippen LogP contribution in [0.2, 0.25) is 0 Å². The van der Waals surface area contributed by atoms with Crippen LogP contribution >= 0.6 is 0 Å². The fourth-order valence-corrected chi connectivity index (χ4v) is 9.45. The molecule has 0 fully saturated rings. The van der Waals surface area contributed by atoms with E-state index in [-0.39, 0.29) is 31.6 Å². The Morgan fingerprint density at radius 1 is 0.272 bits per heavy atom. The maximum absolute atomic E-state index is 12.9. The Labute approximate surface area is 501 Å². The Morgan fingerprint density at radius 3 is 0.877 bits per heavy atom. The number of hydrogen-bond donors (Lipinski definition) is 0. The third-order valence-corrected chi connectivity index (χ3v) is 14.5. The zero-order valence-corrected chi connectivity index (χ0v) is 53.0. The molecule has 0 spiro atoms. The lowest BCUT2D eigenvalue weighted by molar-refractivity contribution is -0.166. The van der Waals surface area contributed by atoms with E-state index in [2.05, 4.69) is 130 Å². The average Bonchev–Trinajstić information content (AvgIpc) is 3.47. The second-order valence-electron chi connectivity index (χ2n) is 22.3. The summed E-state index contributed by atoms with van der Waals surface area (Å²) >= 11 is 0. The summed E-state index contributed by atoms with van der Waals surface area (Å²) in [6.45, 7) is 6.35. The van der Waals surface area contributed by atoms with Gasteiger partial charge in [-0.1, -0.05) is 309 Å². The number of allylic oxidation sites excluding steroid dienone is 19. The van der Waals surface area contributed by atoms with Crippen molar-refractivity contribution < 1.29 is 28.6 Å². The first-order valence-electron chi connectivity index (χ1n) is 34.0. The van der Waals surface area contributed by atoms with E-state index in [0.717, 1.165) is 103 Å². The van der Waals surface area contributed by atoms with Gasteiger partial charge in [-0.2, -0.15) is 0 Å². The molecule has 0 N–H and O–H groups in total. The summed E-state index contributed by atoms with van der Waals surface area (Å²) in [5.74, 6) is -1.05. The molecule has 1 atom stereocenters. The average molecular weight is 1120 g/mol. The van der Waals surface area contributed by atoms with Gasteiger partial charge in [0.15, 0.2) is 6.10 Å². The van der Waals surface area contributed by atoms with E-state index in [4.69, 9.17) is 14.2 Å². The first-order chi connectivity index (χ1) is 40.0. The minimum absolute atomic E-state index is 0.112. The highest BCUT2D eigenvalue weighted by Gasteiger charge is 2.19. The fourth-order valence-electron chi connectivity index (χ4n) is 9.45. The van der Waals surface area contributed by atoms with Gasteiger partial charge in [0.05, 0.1) is 6.42 Å². The summed E-state index contributed by atoms with van der Waals surface area (Å²) in [5, 5.41) is 0. The van der Waals surface area contributed by atoms with E-state index in [1.807, 2.05) is 6.08 Å². The molecule has 0 heterocycles. The predicted molar refractivity (Wildman–Crippen MR) is 353 cm³/mol. The molecule has 0 aliphatic carbocycles. The number of esters is 3. The van der Waals surface area contributed by atoms with E-state index in [1.54, 1.807) is 6.08 Å². The van der Waals surface area contributed by atoms with Crippen molar-refractivity contribution in [2.75, 3.05) is 13.2 Å². The van der Waals surface area contributed by atoms with E-state index >= 15 is 0 Å². The van der Waals surface area contributed by atoms with Crippen molar-refractivity contribution in [2.24, 2.45) is 0 Å². The lowest BCUT2D eigenvalue weighted by atomic mass is 10.0. The predicted octanol–water partition coefficient (Wildman–Crippen LogP) is 23.6. The minimum Gasteiger partial charge on any atom is -0.462 e. The van der Waals surface area contributed by atoms with Crippen LogP contribution in [0.25, 0.3) is 0 Å². The first-order valence-corrected chi connectivity index (χ1v) is 34.0. The molecule has 6 heteroatoms. The van der Waals surface area contributed by atoms with Crippen LogP contribution in [0.15, 0.2) is 122 Å². The Bertz CT molecular complexity index is 1670. The van der Waals surface area contributed by atoms with Crippen LogP contribution in [-0.2, 0) is 28.6 Å². The summed E-state index contributed by atoms with van der Waals surface area (Å²) in [7, 11) is 0. The number of unbranched alkanes of at least 4 members (excludes halogenated alkanes) is 31. The summed E-state index contributed by atoms with van der Waals surface area (Å²) in [4.78, 5) is 38.3. The number of hydrogen-bond acceptors (Lipinski definition) is 6. The highest BCUT2D eigenvalue weighted by atomic mass is 16.6. The Hall–Kier alpha value is -4.19. The fraction of sp³-hybridized carbons (Fsp3) is 0.693. The van der Waals surface area contributed by atoms with Crippen LogP contribution in [0.3, 0.4) is 0 Å². The van der Waals surface area contributed by atoms with Gasteiger partial charge in [-0.3, -0.25) is 14.4 Å². The minimum atomic E-state index is -0.827.